The number of thiophene rings is 1. The number of rotatable bonds is 9. The van der Waals surface area contributed by atoms with E-state index in [-0.39, 0.29) is 0 Å². The maximum absolute atomic E-state index is 2.37. The Morgan fingerprint density at radius 1 is 0.205 bits per heavy atom. The summed E-state index contributed by atoms with van der Waals surface area (Å²) in [6, 6.07) is 102. The topological polar surface area (TPSA) is 6.48 Å². The highest BCUT2D eigenvalue weighted by Gasteiger charge is 2.18. The van der Waals surface area contributed by atoms with Gasteiger partial charge < -0.3 is 9.80 Å². The van der Waals surface area contributed by atoms with E-state index < -0.39 is 0 Å². The lowest BCUT2D eigenvalue weighted by molar-refractivity contribution is 1.28. The van der Waals surface area contributed by atoms with Crippen LogP contribution in [0.3, 0.4) is 0 Å². The fourth-order valence-electron chi connectivity index (χ4n) is 11.1. The average Bonchev–Trinajstić information content (AvgIpc) is 3.85. The van der Waals surface area contributed by atoms with Crippen molar-refractivity contribution in [1.82, 2.24) is 0 Å². The molecule has 14 aromatic rings. The highest BCUT2D eigenvalue weighted by molar-refractivity contribution is 7.25. The zero-order valence-electron chi connectivity index (χ0n) is 39.9. The number of para-hydroxylation sites is 1. The Morgan fingerprint density at radius 3 is 1.15 bits per heavy atom. The van der Waals surface area contributed by atoms with Crippen molar-refractivity contribution in [2.45, 2.75) is 0 Å². The fourth-order valence-corrected chi connectivity index (χ4v) is 12.1. The summed E-state index contributed by atoms with van der Waals surface area (Å²) in [6.07, 6.45) is 0. The first-order valence-corrected chi connectivity index (χ1v) is 25.8. The monoisotopic (exact) mass is 946 g/mol. The van der Waals surface area contributed by atoms with Gasteiger partial charge in [-0.2, -0.15) is 0 Å². The highest BCUT2D eigenvalue weighted by atomic mass is 32.1. The molecule has 0 spiro atoms. The Hall–Kier alpha value is -9.28. The van der Waals surface area contributed by atoms with Crippen LogP contribution in [0.2, 0.25) is 0 Å². The van der Waals surface area contributed by atoms with Crippen LogP contribution in [0.15, 0.2) is 279 Å². The van der Waals surface area contributed by atoms with Gasteiger partial charge in [-0.3, -0.25) is 0 Å². The van der Waals surface area contributed by atoms with Crippen LogP contribution in [-0.4, -0.2) is 0 Å². The van der Waals surface area contributed by atoms with Crippen molar-refractivity contribution in [3.05, 3.63) is 279 Å². The van der Waals surface area contributed by atoms with Crippen molar-refractivity contribution in [3.8, 4) is 33.4 Å². The van der Waals surface area contributed by atoms with Gasteiger partial charge in [0.1, 0.15) is 0 Å². The normalized spacial score (nSPS) is 11.6. The Kier molecular flexibility index (Phi) is 10.4. The molecule has 0 bridgehead atoms. The first-order chi connectivity index (χ1) is 36.2. The molecule has 1 aromatic heterocycles. The van der Waals surface area contributed by atoms with E-state index in [2.05, 4.69) is 289 Å². The number of anilines is 6. The fraction of sp³-hybridized carbons (Fsp3) is 0. The van der Waals surface area contributed by atoms with E-state index in [4.69, 9.17) is 0 Å². The number of nitrogens with zero attached hydrogens (tertiary/aromatic N) is 2. The van der Waals surface area contributed by atoms with Crippen LogP contribution < -0.4 is 9.80 Å². The van der Waals surface area contributed by atoms with Gasteiger partial charge in [0.15, 0.2) is 0 Å². The second kappa shape index (κ2) is 17.8. The summed E-state index contributed by atoms with van der Waals surface area (Å²) in [7, 11) is 0. The van der Waals surface area contributed by atoms with Crippen molar-refractivity contribution < 1.29 is 0 Å². The predicted octanol–water partition coefficient (Wildman–Crippen LogP) is 20.6. The van der Waals surface area contributed by atoms with E-state index in [9.17, 15) is 0 Å². The molecule has 0 N–H and O–H groups in total. The molecule has 0 unspecified atom stereocenters. The van der Waals surface area contributed by atoms with E-state index >= 15 is 0 Å². The minimum atomic E-state index is 1.09. The molecule has 2 nitrogen and oxygen atoms in total. The molecule has 13 aromatic carbocycles. The minimum absolute atomic E-state index is 1.09. The Labute approximate surface area is 428 Å². The van der Waals surface area contributed by atoms with Crippen LogP contribution in [0.5, 0.6) is 0 Å². The van der Waals surface area contributed by atoms with E-state index in [0.717, 1.165) is 45.3 Å². The van der Waals surface area contributed by atoms with E-state index in [1.165, 1.54) is 85.5 Å². The van der Waals surface area contributed by atoms with Crippen LogP contribution in [0.25, 0.3) is 96.6 Å². The van der Waals surface area contributed by atoms with Gasteiger partial charge in [-0.1, -0.05) is 188 Å². The molecular formula is C70H46N2S. The van der Waals surface area contributed by atoms with E-state index in [1.54, 1.807) is 0 Å². The standard InChI is InChI=1S/C70H46N2S/c1-2-15-54(16-3-1)72(68-23-12-14-51-13-4-5-17-59(51)68)58-41-27-48(28-42-58)47-25-35-55(36-26-47)71(57-39-31-50(32-40-57)53-34-44-70-67(46-53)65-22-10-11-24-69(65)73-70)56-37-29-49(30-38-56)52-33-43-64-62-20-7-6-18-60(62)61-19-8-9-21-63(61)66(64)45-52/h1-46H. The third kappa shape index (κ3) is 7.58. The van der Waals surface area contributed by atoms with E-state index in [1.807, 2.05) is 11.3 Å². The molecular weight excluding hydrogens is 901 g/mol. The highest BCUT2D eigenvalue weighted by Crippen LogP contribution is 2.43. The quantitative estimate of drug-likeness (QED) is 0.133. The third-order valence-electron chi connectivity index (χ3n) is 14.6. The zero-order valence-corrected chi connectivity index (χ0v) is 40.7. The first-order valence-electron chi connectivity index (χ1n) is 25.0. The lowest BCUT2D eigenvalue weighted by Gasteiger charge is -2.27. The summed E-state index contributed by atoms with van der Waals surface area (Å²) in [5.41, 5.74) is 13.8. The summed E-state index contributed by atoms with van der Waals surface area (Å²) in [4.78, 5) is 4.73. The summed E-state index contributed by atoms with van der Waals surface area (Å²) < 4.78 is 2.64. The molecule has 3 heteroatoms. The first kappa shape index (κ1) is 42.6. The van der Waals surface area contributed by atoms with Gasteiger partial charge >= 0.3 is 0 Å². The maximum atomic E-state index is 2.37. The minimum Gasteiger partial charge on any atom is -0.311 e. The second-order valence-corrected chi connectivity index (χ2v) is 19.9. The van der Waals surface area contributed by atoms with Gasteiger partial charge in [-0.15, -0.1) is 11.3 Å². The summed E-state index contributed by atoms with van der Waals surface area (Å²) >= 11 is 1.86. The van der Waals surface area contributed by atoms with Gasteiger partial charge in [0, 0.05) is 54.0 Å². The molecule has 14 rings (SSSR count). The van der Waals surface area contributed by atoms with Crippen molar-refractivity contribution in [2.24, 2.45) is 0 Å². The van der Waals surface area contributed by atoms with Gasteiger partial charge in [0.2, 0.25) is 0 Å². The summed E-state index contributed by atoms with van der Waals surface area (Å²) in [5, 5.41) is 12.8. The lowest BCUT2D eigenvalue weighted by Crippen LogP contribution is -2.10. The molecule has 0 radical (unpaired) electrons. The molecule has 0 amide bonds. The van der Waals surface area contributed by atoms with Crippen LogP contribution in [-0.2, 0) is 0 Å². The maximum Gasteiger partial charge on any atom is 0.0540 e. The largest absolute Gasteiger partial charge is 0.311 e. The van der Waals surface area contributed by atoms with Gasteiger partial charge in [0.05, 0.1) is 5.69 Å². The SMILES string of the molecule is c1ccc(N(c2ccc(-c3ccc(N(c4ccc(-c5ccc6sc7ccccc7c6c5)cc4)c4ccc(-c5ccc6c7ccccc7c7ccccc7c6c5)cc4)cc3)cc2)c2cccc3ccccc23)cc1. The second-order valence-electron chi connectivity index (χ2n) is 18.9. The Morgan fingerprint density at radius 2 is 0.575 bits per heavy atom. The van der Waals surface area contributed by atoms with Crippen molar-refractivity contribution in [3.63, 3.8) is 0 Å². The molecule has 0 aliphatic rings. The van der Waals surface area contributed by atoms with Crippen LogP contribution >= 0.6 is 11.3 Å². The molecule has 0 aliphatic carbocycles. The Balaban J connectivity index is 0.821. The van der Waals surface area contributed by atoms with Crippen molar-refractivity contribution >= 4 is 109 Å². The molecule has 0 saturated heterocycles. The molecule has 1 heterocycles. The predicted molar refractivity (Wildman–Crippen MR) is 315 cm³/mol. The third-order valence-corrected chi connectivity index (χ3v) is 15.8. The number of hydrogen-bond acceptors (Lipinski definition) is 3. The van der Waals surface area contributed by atoms with Gasteiger partial charge in [-0.05, 0) is 162 Å². The molecule has 73 heavy (non-hydrogen) atoms. The summed E-state index contributed by atoms with van der Waals surface area (Å²) in [5.74, 6) is 0. The van der Waals surface area contributed by atoms with Crippen LogP contribution in [0, 0.1) is 0 Å². The molecule has 0 aliphatic heterocycles. The zero-order chi connectivity index (χ0) is 48.2. The number of fused-ring (bicyclic) bond motifs is 10. The molecule has 342 valence electrons. The lowest BCUT2D eigenvalue weighted by atomic mass is 9.92. The number of hydrogen-bond donors (Lipinski definition) is 0. The summed E-state index contributed by atoms with van der Waals surface area (Å²) in [6.45, 7) is 0. The van der Waals surface area contributed by atoms with Gasteiger partial charge in [0.25, 0.3) is 0 Å². The molecule has 0 fully saturated rings. The van der Waals surface area contributed by atoms with E-state index in [0.29, 0.717) is 0 Å². The average molecular weight is 947 g/mol. The molecule has 0 atom stereocenters. The Bertz CT molecular complexity index is 4310. The van der Waals surface area contributed by atoms with Crippen molar-refractivity contribution in [1.29, 1.82) is 0 Å². The van der Waals surface area contributed by atoms with Crippen molar-refractivity contribution in [2.75, 3.05) is 9.80 Å². The van der Waals surface area contributed by atoms with Crippen LogP contribution in [0.4, 0.5) is 34.1 Å². The van der Waals surface area contributed by atoms with Crippen LogP contribution in [0.1, 0.15) is 0 Å². The number of benzene rings is 13. The molecule has 0 saturated carbocycles. The smallest absolute Gasteiger partial charge is 0.0540 e. The van der Waals surface area contributed by atoms with Gasteiger partial charge in [-0.25, -0.2) is 0 Å².